The van der Waals surface area contributed by atoms with Gasteiger partial charge in [-0.3, -0.25) is 0 Å². The van der Waals surface area contributed by atoms with E-state index in [9.17, 15) is 10.1 Å². The number of hydrogen-bond donors (Lipinski definition) is 1. The van der Waals surface area contributed by atoms with E-state index in [0.717, 1.165) is 16.8 Å². The molecule has 1 N–H and O–H groups in total. The third kappa shape index (κ3) is 4.22. The fraction of sp³-hybridized carbons (Fsp3) is 0.182. The van der Waals surface area contributed by atoms with E-state index in [2.05, 4.69) is 6.07 Å². The predicted octanol–water partition coefficient (Wildman–Crippen LogP) is 4.13. The Bertz CT molecular complexity index is 1000. The SMILES string of the molecule is CCOCCOc1ccccc1-c1cn(-c2ccc(C(=O)O)cc2)cc1C#N. The second kappa shape index (κ2) is 8.89. The molecule has 0 radical (unpaired) electrons. The van der Waals surface area contributed by atoms with Crippen LogP contribution in [-0.2, 0) is 4.74 Å². The van der Waals surface area contributed by atoms with Crippen LogP contribution in [0.1, 0.15) is 22.8 Å². The van der Waals surface area contributed by atoms with Gasteiger partial charge in [0.1, 0.15) is 18.4 Å². The first-order valence-electron chi connectivity index (χ1n) is 8.89. The molecule has 3 aromatic rings. The molecule has 3 rings (SSSR count). The minimum atomic E-state index is -0.976. The van der Waals surface area contributed by atoms with E-state index in [1.807, 2.05) is 37.4 Å². The minimum Gasteiger partial charge on any atom is -0.491 e. The van der Waals surface area contributed by atoms with E-state index in [1.54, 1.807) is 22.9 Å². The number of ether oxygens (including phenoxy) is 2. The highest BCUT2D eigenvalue weighted by molar-refractivity contribution is 5.87. The molecule has 1 aromatic heterocycles. The van der Waals surface area contributed by atoms with E-state index in [1.165, 1.54) is 12.1 Å². The minimum absolute atomic E-state index is 0.213. The van der Waals surface area contributed by atoms with Crippen molar-refractivity contribution in [2.75, 3.05) is 19.8 Å². The zero-order chi connectivity index (χ0) is 19.9. The average Bonchev–Trinajstić information content (AvgIpc) is 3.16. The molecule has 0 atom stereocenters. The zero-order valence-electron chi connectivity index (χ0n) is 15.5. The normalized spacial score (nSPS) is 10.4. The second-order valence-electron chi connectivity index (χ2n) is 6.00. The maximum Gasteiger partial charge on any atom is 0.335 e. The Kier molecular flexibility index (Phi) is 6.10. The van der Waals surface area contributed by atoms with Gasteiger partial charge in [-0.1, -0.05) is 18.2 Å². The number of aromatic carboxylic acids is 1. The molecular formula is C22H20N2O4. The van der Waals surface area contributed by atoms with Crippen LogP contribution in [0.4, 0.5) is 0 Å². The fourth-order valence-electron chi connectivity index (χ4n) is 2.85. The van der Waals surface area contributed by atoms with Crippen LogP contribution in [0.25, 0.3) is 16.8 Å². The maximum atomic E-state index is 11.0. The molecule has 2 aromatic carbocycles. The van der Waals surface area contributed by atoms with Crippen molar-refractivity contribution in [1.29, 1.82) is 5.26 Å². The van der Waals surface area contributed by atoms with Gasteiger partial charge >= 0.3 is 5.97 Å². The summed E-state index contributed by atoms with van der Waals surface area (Å²) in [4.78, 5) is 11.0. The summed E-state index contributed by atoms with van der Waals surface area (Å²) >= 11 is 0. The van der Waals surface area contributed by atoms with E-state index in [0.29, 0.717) is 31.1 Å². The first-order chi connectivity index (χ1) is 13.6. The van der Waals surface area contributed by atoms with Gasteiger partial charge in [0, 0.05) is 35.8 Å². The van der Waals surface area contributed by atoms with Gasteiger partial charge in [-0.2, -0.15) is 5.26 Å². The van der Waals surface area contributed by atoms with Crippen molar-refractivity contribution < 1.29 is 19.4 Å². The van der Waals surface area contributed by atoms with E-state index >= 15 is 0 Å². The number of carbonyl (C=O) groups is 1. The second-order valence-corrected chi connectivity index (χ2v) is 6.00. The van der Waals surface area contributed by atoms with Crippen molar-refractivity contribution in [1.82, 2.24) is 4.57 Å². The van der Waals surface area contributed by atoms with Crippen LogP contribution >= 0.6 is 0 Å². The van der Waals surface area contributed by atoms with Crippen molar-refractivity contribution in [3.63, 3.8) is 0 Å². The van der Waals surface area contributed by atoms with Crippen LogP contribution in [0.3, 0.4) is 0 Å². The molecule has 0 aliphatic rings. The molecule has 0 aliphatic heterocycles. The van der Waals surface area contributed by atoms with Crippen molar-refractivity contribution in [3.05, 3.63) is 72.1 Å². The van der Waals surface area contributed by atoms with Crippen molar-refractivity contribution in [2.45, 2.75) is 6.92 Å². The Hall–Kier alpha value is -3.56. The summed E-state index contributed by atoms with van der Waals surface area (Å²) in [6.07, 6.45) is 3.57. The number of nitriles is 1. The summed E-state index contributed by atoms with van der Waals surface area (Å²) in [5, 5.41) is 18.6. The van der Waals surface area contributed by atoms with Crippen LogP contribution in [0.2, 0.25) is 0 Å². The lowest BCUT2D eigenvalue weighted by atomic mass is 10.0. The van der Waals surface area contributed by atoms with Crippen molar-refractivity contribution >= 4 is 5.97 Å². The lowest BCUT2D eigenvalue weighted by molar-refractivity contribution is 0.0697. The summed E-state index contributed by atoms with van der Waals surface area (Å²) in [7, 11) is 0. The van der Waals surface area contributed by atoms with Crippen molar-refractivity contribution in [2.24, 2.45) is 0 Å². The third-order valence-electron chi connectivity index (χ3n) is 4.23. The van der Waals surface area contributed by atoms with Crippen molar-refractivity contribution in [3.8, 4) is 28.6 Å². The number of para-hydroxylation sites is 1. The standard InChI is InChI=1S/C22H20N2O4/c1-2-27-11-12-28-21-6-4-3-5-19(21)20-15-24(14-17(20)13-23)18-9-7-16(8-10-18)22(25)26/h3-10,14-15H,2,11-12H2,1H3,(H,25,26). The molecule has 0 bridgehead atoms. The number of rotatable bonds is 8. The Morgan fingerprint density at radius 1 is 1.07 bits per heavy atom. The quantitative estimate of drug-likeness (QED) is 0.598. The van der Waals surface area contributed by atoms with Gasteiger partial charge < -0.3 is 19.1 Å². The molecule has 0 saturated heterocycles. The molecule has 0 saturated carbocycles. The molecule has 0 spiro atoms. The number of carboxylic acid groups (broad SMARTS) is 1. The number of carboxylic acids is 1. The number of nitrogens with zero attached hydrogens (tertiary/aromatic N) is 2. The molecule has 0 aliphatic carbocycles. The van der Waals surface area contributed by atoms with Crippen LogP contribution in [0.15, 0.2) is 60.9 Å². The molecular weight excluding hydrogens is 356 g/mol. The Balaban J connectivity index is 1.93. The van der Waals surface area contributed by atoms with Gasteiger partial charge in [0.15, 0.2) is 0 Å². The summed E-state index contributed by atoms with van der Waals surface area (Å²) in [5.74, 6) is -0.298. The van der Waals surface area contributed by atoms with Crippen LogP contribution < -0.4 is 4.74 Å². The predicted molar refractivity (Wildman–Crippen MR) is 105 cm³/mol. The van der Waals surface area contributed by atoms with Gasteiger partial charge in [-0.25, -0.2) is 4.79 Å². The molecule has 0 fully saturated rings. The van der Waals surface area contributed by atoms with Crippen LogP contribution in [0, 0.1) is 11.3 Å². The average molecular weight is 376 g/mol. The topological polar surface area (TPSA) is 84.5 Å². The summed E-state index contributed by atoms with van der Waals surface area (Å²) in [5.41, 5.74) is 3.05. The Morgan fingerprint density at radius 3 is 2.50 bits per heavy atom. The number of hydrogen-bond acceptors (Lipinski definition) is 4. The monoisotopic (exact) mass is 376 g/mol. The zero-order valence-corrected chi connectivity index (χ0v) is 15.5. The number of aromatic nitrogens is 1. The Labute approximate surface area is 163 Å². The van der Waals surface area contributed by atoms with Gasteiger partial charge in [0.2, 0.25) is 0 Å². The first kappa shape index (κ1) is 19.2. The third-order valence-corrected chi connectivity index (χ3v) is 4.23. The van der Waals surface area contributed by atoms with Gasteiger partial charge in [-0.15, -0.1) is 0 Å². The molecule has 28 heavy (non-hydrogen) atoms. The first-order valence-corrected chi connectivity index (χ1v) is 8.89. The molecule has 6 heteroatoms. The van der Waals surface area contributed by atoms with E-state index in [-0.39, 0.29) is 5.56 Å². The number of benzene rings is 2. The highest BCUT2D eigenvalue weighted by Gasteiger charge is 2.14. The lowest BCUT2D eigenvalue weighted by Gasteiger charge is -2.11. The lowest BCUT2D eigenvalue weighted by Crippen LogP contribution is -2.06. The van der Waals surface area contributed by atoms with Crippen LogP contribution in [0.5, 0.6) is 5.75 Å². The van der Waals surface area contributed by atoms with Gasteiger partial charge in [-0.05, 0) is 37.3 Å². The summed E-state index contributed by atoms with van der Waals surface area (Å²) in [6.45, 7) is 3.48. The fourth-order valence-corrected chi connectivity index (χ4v) is 2.85. The highest BCUT2D eigenvalue weighted by atomic mass is 16.5. The molecule has 1 heterocycles. The Morgan fingerprint density at radius 2 is 1.82 bits per heavy atom. The van der Waals surface area contributed by atoms with Gasteiger partial charge in [0.05, 0.1) is 17.7 Å². The maximum absolute atomic E-state index is 11.0. The summed E-state index contributed by atoms with van der Waals surface area (Å²) < 4.78 is 13.0. The summed E-state index contributed by atoms with van der Waals surface area (Å²) in [6, 6.07) is 16.3. The smallest absolute Gasteiger partial charge is 0.335 e. The molecule has 6 nitrogen and oxygen atoms in total. The van der Waals surface area contributed by atoms with Gasteiger partial charge in [0.25, 0.3) is 0 Å². The molecule has 142 valence electrons. The van der Waals surface area contributed by atoms with E-state index < -0.39 is 5.97 Å². The van der Waals surface area contributed by atoms with E-state index in [4.69, 9.17) is 14.6 Å². The largest absolute Gasteiger partial charge is 0.491 e. The van der Waals surface area contributed by atoms with Crippen LogP contribution in [-0.4, -0.2) is 35.5 Å². The highest BCUT2D eigenvalue weighted by Crippen LogP contribution is 2.33. The molecule has 0 unspecified atom stereocenters. The molecule has 0 amide bonds.